The van der Waals surface area contributed by atoms with Crippen LogP contribution in [0.3, 0.4) is 0 Å². The Balaban J connectivity index is 2.01. The summed E-state index contributed by atoms with van der Waals surface area (Å²) in [6.45, 7) is 8.64. The summed E-state index contributed by atoms with van der Waals surface area (Å²) in [7, 11) is 0. The fraction of sp³-hybridized carbons (Fsp3) is 0.651. The Bertz CT molecular complexity index is 1120. The van der Waals surface area contributed by atoms with Crippen LogP contribution >= 0.6 is 0 Å². The molecule has 2 rings (SSSR count). The van der Waals surface area contributed by atoms with Crippen LogP contribution in [0.25, 0.3) is 0 Å². The number of unbranched alkanes of at least 4 members (excludes halogenated alkanes) is 14. The number of hydrogen-bond donors (Lipinski definition) is 0. The molecule has 2 unspecified atom stereocenters. The molecule has 292 valence electrons. The second kappa shape index (κ2) is 29.1. The van der Waals surface area contributed by atoms with Crippen LogP contribution in [0.15, 0.2) is 48.5 Å². The van der Waals surface area contributed by atoms with Gasteiger partial charge in [0.1, 0.15) is 0 Å². The van der Waals surface area contributed by atoms with Gasteiger partial charge in [-0.2, -0.15) is 0 Å². The second-order valence-corrected chi connectivity index (χ2v) is 13.7. The minimum absolute atomic E-state index is 0.304. The largest absolute Gasteiger partial charge is 0.513 e. The molecule has 0 aromatic heterocycles. The van der Waals surface area contributed by atoms with Crippen LogP contribution in [-0.4, -0.2) is 30.7 Å². The maximum atomic E-state index is 13.1. The van der Waals surface area contributed by atoms with Gasteiger partial charge < -0.3 is 9.47 Å². The molecule has 2 aromatic rings. The van der Waals surface area contributed by atoms with Crippen LogP contribution in [-0.2, 0) is 41.9 Å². The average molecular weight is 727 g/mol. The summed E-state index contributed by atoms with van der Waals surface area (Å²) in [6, 6.07) is 14.4. The third kappa shape index (κ3) is 20.6. The minimum Gasteiger partial charge on any atom is -0.400 e. The molecule has 0 aliphatic heterocycles. The SMILES string of the molecule is CCCCCCCCCC(OOC(=O)c1ccc(CCCC)cc1)OC(=O)OC(CCCCCCCCC)OOC(=O)c1ccc(CCCC)cc1. The van der Waals surface area contributed by atoms with Gasteiger partial charge in [0.15, 0.2) is 0 Å². The van der Waals surface area contributed by atoms with Gasteiger partial charge in [0.05, 0.1) is 11.1 Å². The summed E-state index contributed by atoms with van der Waals surface area (Å²) in [6.07, 6.45) is 18.0. The number of aryl methyl sites for hydroxylation is 2. The molecular weight excluding hydrogens is 660 g/mol. The number of carbonyl (C=O) groups is 3. The zero-order chi connectivity index (χ0) is 37.7. The Morgan fingerprint density at radius 3 is 1.12 bits per heavy atom. The van der Waals surface area contributed by atoms with Crippen molar-refractivity contribution in [1.29, 1.82) is 0 Å². The summed E-state index contributed by atoms with van der Waals surface area (Å²) in [5.41, 5.74) is 2.94. The zero-order valence-corrected chi connectivity index (χ0v) is 32.5. The van der Waals surface area contributed by atoms with E-state index in [1.54, 1.807) is 24.3 Å². The normalized spacial score (nSPS) is 12.2. The molecule has 52 heavy (non-hydrogen) atoms. The highest BCUT2D eigenvalue weighted by Gasteiger charge is 2.25. The first-order valence-electron chi connectivity index (χ1n) is 20.2. The Morgan fingerprint density at radius 2 is 0.769 bits per heavy atom. The predicted octanol–water partition coefficient (Wildman–Crippen LogP) is 12.3. The molecule has 9 heteroatoms. The molecule has 2 atom stereocenters. The van der Waals surface area contributed by atoms with E-state index in [-0.39, 0.29) is 0 Å². The average Bonchev–Trinajstić information content (AvgIpc) is 3.16. The molecule has 0 saturated heterocycles. The third-order valence-electron chi connectivity index (χ3n) is 9.02. The van der Waals surface area contributed by atoms with Crippen molar-refractivity contribution in [2.75, 3.05) is 0 Å². The van der Waals surface area contributed by atoms with Gasteiger partial charge in [-0.25, -0.2) is 14.4 Å². The van der Waals surface area contributed by atoms with Gasteiger partial charge in [0, 0.05) is 12.8 Å². The summed E-state index contributed by atoms with van der Waals surface area (Å²) < 4.78 is 11.0. The van der Waals surface area contributed by atoms with E-state index in [9.17, 15) is 14.4 Å². The molecule has 0 aliphatic carbocycles. The number of ether oxygens (including phenoxy) is 2. The van der Waals surface area contributed by atoms with Crippen LogP contribution in [0.5, 0.6) is 0 Å². The first-order valence-corrected chi connectivity index (χ1v) is 20.2. The Morgan fingerprint density at radius 1 is 0.442 bits per heavy atom. The van der Waals surface area contributed by atoms with E-state index in [2.05, 4.69) is 27.7 Å². The molecule has 0 fully saturated rings. The standard InChI is InChI=1S/C43H66O9/c1-5-9-13-15-17-19-21-25-39(49-51-41(44)37-31-27-35(28-32-37)23-11-7-3)47-43(46)48-40(26-22-20-18-16-14-10-6-2)50-52-42(45)38-33-29-36(30-34-38)24-12-8-4/h27-34,39-40H,5-26H2,1-4H3. The molecule has 0 amide bonds. The second-order valence-electron chi connectivity index (χ2n) is 13.7. The lowest BCUT2D eigenvalue weighted by Gasteiger charge is -2.20. The number of benzene rings is 2. The molecule has 0 bridgehead atoms. The summed E-state index contributed by atoms with van der Waals surface area (Å²) in [5.74, 6) is -1.37. The molecule has 0 N–H and O–H groups in total. The van der Waals surface area contributed by atoms with Gasteiger partial charge in [-0.3, -0.25) is 9.78 Å². The first kappa shape index (κ1) is 44.7. The lowest BCUT2D eigenvalue weighted by atomic mass is 10.1. The molecule has 0 saturated carbocycles. The summed E-state index contributed by atoms with van der Waals surface area (Å²) >= 11 is 0. The fourth-order valence-electron chi connectivity index (χ4n) is 5.70. The van der Waals surface area contributed by atoms with E-state index < -0.39 is 30.7 Å². The van der Waals surface area contributed by atoms with Crippen LogP contribution < -0.4 is 0 Å². The van der Waals surface area contributed by atoms with E-state index in [1.165, 1.54) is 38.5 Å². The van der Waals surface area contributed by atoms with Crippen molar-refractivity contribution < 1.29 is 43.4 Å². The van der Waals surface area contributed by atoms with Crippen LogP contribution in [0.1, 0.15) is 188 Å². The van der Waals surface area contributed by atoms with Crippen LogP contribution in [0, 0.1) is 0 Å². The Hall–Kier alpha value is -3.43. The minimum atomic E-state index is -1.19. The van der Waals surface area contributed by atoms with E-state index >= 15 is 0 Å². The maximum absolute atomic E-state index is 13.1. The molecule has 0 spiro atoms. The number of carbonyl (C=O) groups excluding carboxylic acids is 3. The predicted molar refractivity (Wildman–Crippen MR) is 203 cm³/mol. The summed E-state index contributed by atoms with van der Waals surface area (Å²) in [4.78, 5) is 59.7. The smallest absolute Gasteiger partial charge is 0.400 e. The lowest BCUT2D eigenvalue weighted by molar-refractivity contribution is -0.348. The van der Waals surface area contributed by atoms with Crippen molar-refractivity contribution in [3.05, 3.63) is 70.8 Å². The lowest BCUT2D eigenvalue weighted by Crippen LogP contribution is -2.28. The third-order valence-corrected chi connectivity index (χ3v) is 9.02. The highest BCUT2D eigenvalue weighted by Crippen LogP contribution is 2.18. The number of rotatable bonds is 30. The number of hydrogen-bond acceptors (Lipinski definition) is 9. The molecular formula is C43H66O9. The Labute approximate surface area is 313 Å². The topological polar surface area (TPSA) is 107 Å². The quantitative estimate of drug-likeness (QED) is 0.0255. The first-order chi connectivity index (χ1) is 25.4. The molecule has 9 nitrogen and oxygen atoms in total. The van der Waals surface area contributed by atoms with E-state index in [4.69, 9.17) is 29.0 Å². The van der Waals surface area contributed by atoms with Gasteiger partial charge in [0.25, 0.3) is 0 Å². The maximum Gasteiger partial charge on any atom is 0.513 e. The highest BCUT2D eigenvalue weighted by atomic mass is 17.2. The van der Waals surface area contributed by atoms with Crippen molar-refractivity contribution in [3.8, 4) is 0 Å². The monoisotopic (exact) mass is 726 g/mol. The van der Waals surface area contributed by atoms with E-state index in [0.29, 0.717) is 36.8 Å². The zero-order valence-electron chi connectivity index (χ0n) is 32.5. The van der Waals surface area contributed by atoms with E-state index in [1.807, 2.05) is 24.3 Å². The van der Waals surface area contributed by atoms with Crippen LogP contribution in [0.2, 0.25) is 0 Å². The Kier molecular flexibility index (Phi) is 25.0. The van der Waals surface area contributed by atoms with E-state index in [0.717, 1.165) is 88.2 Å². The fourth-order valence-corrected chi connectivity index (χ4v) is 5.70. The van der Waals surface area contributed by atoms with Gasteiger partial charge in [0.2, 0.25) is 12.6 Å². The molecule has 2 aromatic carbocycles. The van der Waals surface area contributed by atoms with Crippen molar-refractivity contribution in [1.82, 2.24) is 0 Å². The molecule has 0 heterocycles. The van der Waals surface area contributed by atoms with Crippen molar-refractivity contribution >= 4 is 18.1 Å². The summed E-state index contributed by atoms with van der Waals surface area (Å²) in [5, 5.41) is 0. The van der Waals surface area contributed by atoms with Gasteiger partial charge in [-0.15, -0.1) is 9.78 Å². The van der Waals surface area contributed by atoms with Crippen LogP contribution in [0.4, 0.5) is 4.79 Å². The highest BCUT2D eigenvalue weighted by molar-refractivity contribution is 5.89. The molecule has 0 radical (unpaired) electrons. The van der Waals surface area contributed by atoms with Gasteiger partial charge >= 0.3 is 18.1 Å². The molecule has 0 aliphatic rings. The van der Waals surface area contributed by atoms with Crippen molar-refractivity contribution in [3.63, 3.8) is 0 Å². The van der Waals surface area contributed by atoms with Crippen molar-refractivity contribution in [2.24, 2.45) is 0 Å². The van der Waals surface area contributed by atoms with Crippen molar-refractivity contribution in [2.45, 2.75) is 182 Å². The van der Waals surface area contributed by atoms with Gasteiger partial charge in [-0.1, -0.05) is 142 Å². The van der Waals surface area contributed by atoms with Gasteiger partial charge in [-0.05, 0) is 73.9 Å².